The first-order chi connectivity index (χ1) is 8.59. The Morgan fingerprint density at radius 2 is 2.39 bits per heavy atom. The van der Waals surface area contributed by atoms with Gasteiger partial charge in [-0.2, -0.15) is 11.8 Å². The molecule has 1 aliphatic heterocycles. The minimum atomic E-state index is 0.0581. The molecule has 1 atom stereocenters. The molecule has 0 spiro atoms. The molecule has 1 fully saturated rings. The Labute approximate surface area is 117 Å². The van der Waals surface area contributed by atoms with Gasteiger partial charge >= 0.3 is 0 Å². The molecule has 0 bridgehead atoms. The zero-order valence-electron chi connectivity index (χ0n) is 10.7. The zero-order valence-corrected chi connectivity index (χ0v) is 12.3. The summed E-state index contributed by atoms with van der Waals surface area (Å²) in [6.07, 6.45) is 1.75. The summed E-state index contributed by atoms with van der Waals surface area (Å²) in [6, 6.07) is 3.62. The number of hydrogen-bond acceptors (Lipinski definition) is 3. The number of carbonyl (C=O) groups is 1. The van der Waals surface area contributed by atoms with E-state index in [4.69, 9.17) is 12.2 Å². The van der Waals surface area contributed by atoms with Crippen molar-refractivity contribution in [2.45, 2.75) is 19.1 Å². The van der Waals surface area contributed by atoms with Gasteiger partial charge in [0.25, 0.3) is 5.91 Å². The molecule has 1 aromatic heterocycles. The Morgan fingerprint density at radius 3 is 3.06 bits per heavy atom. The van der Waals surface area contributed by atoms with E-state index in [-0.39, 0.29) is 5.91 Å². The minimum absolute atomic E-state index is 0.0581. The second-order valence-corrected chi connectivity index (χ2v) is 6.57. The molecule has 2 heterocycles. The average molecular weight is 282 g/mol. The fourth-order valence-electron chi connectivity index (χ4n) is 2.02. The van der Waals surface area contributed by atoms with Crippen molar-refractivity contribution in [1.29, 1.82) is 0 Å². The molecule has 98 valence electrons. The van der Waals surface area contributed by atoms with E-state index >= 15 is 0 Å². The predicted octanol–water partition coefficient (Wildman–Crippen LogP) is 2.96. The second-order valence-electron chi connectivity index (χ2n) is 4.82. The molecule has 0 aliphatic carbocycles. The standard InChI is InChI=1S/C13H18N2OS2/c1-9(2)11-8-15(6-7-18-11)13(16)10-4-3-5-14-12(10)17/h3-5,9,11H,6-8H2,1-2H3,(H,14,17)/t11-/m0/s1. The lowest BCUT2D eigenvalue weighted by molar-refractivity contribution is 0.0755. The number of H-pyrrole nitrogens is 1. The van der Waals surface area contributed by atoms with E-state index < -0.39 is 0 Å². The van der Waals surface area contributed by atoms with Gasteiger partial charge in [0.2, 0.25) is 0 Å². The first kappa shape index (κ1) is 13.6. The molecule has 2 rings (SSSR count). The van der Waals surface area contributed by atoms with Crippen LogP contribution in [0.1, 0.15) is 24.2 Å². The van der Waals surface area contributed by atoms with Crippen molar-refractivity contribution in [2.24, 2.45) is 5.92 Å². The number of carbonyl (C=O) groups excluding carboxylic acids is 1. The van der Waals surface area contributed by atoms with Crippen LogP contribution in [0.5, 0.6) is 0 Å². The Balaban J connectivity index is 2.14. The van der Waals surface area contributed by atoms with E-state index in [1.54, 1.807) is 12.3 Å². The fraction of sp³-hybridized carbons (Fsp3) is 0.538. The molecule has 1 N–H and O–H groups in total. The first-order valence-corrected chi connectivity index (χ1v) is 7.64. The summed E-state index contributed by atoms with van der Waals surface area (Å²) in [5, 5.41) is 0.531. The Kier molecular flexibility index (Phi) is 4.45. The predicted molar refractivity (Wildman–Crippen MR) is 78.6 cm³/mol. The average Bonchev–Trinajstić information content (AvgIpc) is 2.38. The third-order valence-electron chi connectivity index (χ3n) is 3.17. The van der Waals surface area contributed by atoms with Crippen molar-refractivity contribution in [2.75, 3.05) is 18.8 Å². The highest BCUT2D eigenvalue weighted by Crippen LogP contribution is 2.25. The van der Waals surface area contributed by atoms with Crippen LogP contribution in [0.3, 0.4) is 0 Å². The molecular weight excluding hydrogens is 264 g/mol. The van der Waals surface area contributed by atoms with Crippen molar-refractivity contribution in [3.05, 3.63) is 28.5 Å². The van der Waals surface area contributed by atoms with Crippen LogP contribution >= 0.6 is 24.0 Å². The van der Waals surface area contributed by atoms with Crippen LogP contribution in [0, 0.1) is 10.6 Å². The summed E-state index contributed by atoms with van der Waals surface area (Å²) >= 11 is 7.13. The van der Waals surface area contributed by atoms with Gasteiger partial charge in [0.15, 0.2) is 0 Å². The van der Waals surface area contributed by atoms with Gasteiger partial charge in [-0.25, -0.2) is 0 Å². The minimum Gasteiger partial charge on any atom is -0.352 e. The molecule has 1 saturated heterocycles. The van der Waals surface area contributed by atoms with E-state index in [0.717, 1.165) is 18.8 Å². The molecule has 0 unspecified atom stereocenters. The highest BCUT2D eigenvalue weighted by Gasteiger charge is 2.27. The van der Waals surface area contributed by atoms with Crippen molar-refractivity contribution < 1.29 is 4.79 Å². The van der Waals surface area contributed by atoms with E-state index in [0.29, 0.717) is 21.4 Å². The maximum atomic E-state index is 12.4. The van der Waals surface area contributed by atoms with Gasteiger partial charge in [-0.1, -0.05) is 26.1 Å². The normalized spacial score (nSPS) is 20.2. The first-order valence-electron chi connectivity index (χ1n) is 6.18. The number of pyridine rings is 1. The number of nitrogens with one attached hydrogen (secondary N) is 1. The smallest absolute Gasteiger partial charge is 0.256 e. The van der Waals surface area contributed by atoms with Crippen LogP contribution in [-0.4, -0.2) is 39.9 Å². The molecule has 3 nitrogen and oxygen atoms in total. The van der Waals surface area contributed by atoms with Crippen LogP contribution in [0.2, 0.25) is 0 Å². The van der Waals surface area contributed by atoms with Crippen LogP contribution in [0.15, 0.2) is 18.3 Å². The SMILES string of the molecule is CC(C)[C@@H]1CN(C(=O)c2ccc[nH]c2=S)CCS1. The molecule has 18 heavy (non-hydrogen) atoms. The summed E-state index contributed by atoms with van der Waals surface area (Å²) in [5.41, 5.74) is 0.613. The van der Waals surface area contributed by atoms with Crippen molar-refractivity contribution in [3.63, 3.8) is 0 Å². The van der Waals surface area contributed by atoms with Gasteiger partial charge in [-0.05, 0) is 18.1 Å². The number of aromatic nitrogens is 1. The van der Waals surface area contributed by atoms with Crippen molar-refractivity contribution in [1.82, 2.24) is 9.88 Å². The number of thioether (sulfide) groups is 1. The monoisotopic (exact) mass is 282 g/mol. The Hall–Kier alpha value is -0.810. The summed E-state index contributed by atoms with van der Waals surface area (Å²) < 4.78 is 0.529. The third-order valence-corrected chi connectivity index (χ3v) is 5.05. The maximum absolute atomic E-state index is 12.4. The van der Waals surface area contributed by atoms with Gasteiger partial charge < -0.3 is 9.88 Å². The van der Waals surface area contributed by atoms with Gasteiger partial charge in [0.1, 0.15) is 4.64 Å². The Bertz CT molecular complexity index is 484. The number of aromatic amines is 1. The van der Waals surface area contributed by atoms with Crippen LogP contribution < -0.4 is 0 Å². The lowest BCUT2D eigenvalue weighted by Crippen LogP contribution is -2.43. The number of amides is 1. The second kappa shape index (κ2) is 5.89. The topological polar surface area (TPSA) is 36.1 Å². The molecule has 1 aliphatic rings. The molecule has 5 heteroatoms. The van der Waals surface area contributed by atoms with Crippen LogP contribution in [0.25, 0.3) is 0 Å². The van der Waals surface area contributed by atoms with Gasteiger partial charge in [0.05, 0.1) is 5.56 Å². The lowest BCUT2D eigenvalue weighted by Gasteiger charge is -2.34. The van der Waals surface area contributed by atoms with Crippen molar-refractivity contribution in [3.8, 4) is 0 Å². The molecule has 0 saturated carbocycles. The van der Waals surface area contributed by atoms with Crippen LogP contribution in [0.4, 0.5) is 0 Å². The highest BCUT2D eigenvalue weighted by atomic mass is 32.2. The summed E-state index contributed by atoms with van der Waals surface area (Å²) in [5.74, 6) is 1.66. The molecule has 0 aromatic carbocycles. The van der Waals surface area contributed by atoms with E-state index in [1.165, 1.54) is 0 Å². The van der Waals surface area contributed by atoms with E-state index in [1.807, 2.05) is 22.7 Å². The molecule has 1 aromatic rings. The molecule has 0 radical (unpaired) electrons. The number of hydrogen-bond donors (Lipinski definition) is 1. The van der Waals surface area contributed by atoms with Crippen LogP contribution in [-0.2, 0) is 0 Å². The number of rotatable bonds is 2. The van der Waals surface area contributed by atoms with E-state index in [9.17, 15) is 4.79 Å². The summed E-state index contributed by atoms with van der Waals surface area (Å²) in [6.45, 7) is 6.06. The number of nitrogens with zero attached hydrogens (tertiary/aromatic N) is 1. The molecule has 1 amide bonds. The van der Waals surface area contributed by atoms with Gasteiger partial charge in [-0.15, -0.1) is 0 Å². The summed E-state index contributed by atoms with van der Waals surface area (Å²) in [4.78, 5) is 17.3. The van der Waals surface area contributed by atoms with E-state index in [2.05, 4.69) is 18.8 Å². The lowest BCUT2D eigenvalue weighted by atomic mass is 10.1. The summed E-state index contributed by atoms with van der Waals surface area (Å²) in [7, 11) is 0. The zero-order chi connectivity index (χ0) is 13.1. The molecular formula is C13H18N2OS2. The quantitative estimate of drug-likeness (QED) is 0.847. The van der Waals surface area contributed by atoms with Crippen molar-refractivity contribution >= 4 is 29.9 Å². The highest BCUT2D eigenvalue weighted by molar-refractivity contribution is 8.00. The largest absolute Gasteiger partial charge is 0.352 e. The third kappa shape index (κ3) is 2.95. The fourth-order valence-corrected chi connectivity index (χ4v) is 3.55. The maximum Gasteiger partial charge on any atom is 0.256 e. The van der Waals surface area contributed by atoms with Gasteiger partial charge in [-0.3, -0.25) is 4.79 Å². The van der Waals surface area contributed by atoms with Gasteiger partial charge in [0, 0.05) is 30.3 Å². The Morgan fingerprint density at radius 1 is 1.61 bits per heavy atom.